The molecule has 1 aliphatic heterocycles. The summed E-state index contributed by atoms with van der Waals surface area (Å²) in [5, 5.41) is 14.5. The third-order valence-corrected chi connectivity index (χ3v) is 7.00. The number of allylic oxidation sites excluding steroid dienone is 3. The van der Waals surface area contributed by atoms with E-state index in [0.29, 0.717) is 40.6 Å². The molecule has 7 heteroatoms. The molecule has 0 aromatic heterocycles. The fraction of sp³-hybridized carbons (Fsp3) is 0.308. The minimum atomic E-state index is -0.494. The summed E-state index contributed by atoms with van der Waals surface area (Å²) in [7, 11) is 4.67. The van der Waals surface area contributed by atoms with Crippen molar-refractivity contribution in [1.82, 2.24) is 5.32 Å². The lowest BCUT2D eigenvalue weighted by atomic mass is 9.76. The molecule has 1 heterocycles. The molecule has 2 aromatic carbocycles. The number of dihydropyridines is 1. The number of benzene rings is 2. The molecule has 2 aromatic rings. The van der Waals surface area contributed by atoms with Crippen LogP contribution in [0.5, 0.6) is 17.2 Å². The van der Waals surface area contributed by atoms with Crippen LogP contribution in [0.3, 0.4) is 0 Å². The molecule has 0 spiro atoms. The highest BCUT2D eigenvalue weighted by molar-refractivity contribution is 8.02. The Bertz CT molecular complexity index is 1140. The number of rotatable bonds is 7. The van der Waals surface area contributed by atoms with E-state index in [2.05, 4.69) is 23.5 Å². The minimum Gasteiger partial charge on any atom is -0.493 e. The lowest BCUT2D eigenvalue weighted by Gasteiger charge is -2.33. The van der Waals surface area contributed by atoms with E-state index in [4.69, 9.17) is 14.2 Å². The Balaban J connectivity index is 1.83. The molecule has 0 saturated carbocycles. The molecule has 0 saturated heterocycles. The van der Waals surface area contributed by atoms with Gasteiger partial charge in [0.2, 0.25) is 5.75 Å². The van der Waals surface area contributed by atoms with Crippen molar-refractivity contribution < 1.29 is 19.0 Å². The van der Waals surface area contributed by atoms with Gasteiger partial charge in [0.05, 0.1) is 43.9 Å². The van der Waals surface area contributed by atoms with E-state index < -0.39 is 5.92 Å². The van der Waals surface area contributed by atoms with Crippen LogP contribution in [0.2, 0.25) is 0 Å². The van der Waals surface area contributed by atoms with E-state index in [1.54, 1.807) is 33.1 Å². The van der Waals surface area contributed by atoms with Crippen molar-refractivity contribution in [2.24, 2.45) is 0 Å². The SMILES string of the molecule is COc1cc([C@@H]2C(C#N)=C(SCc3ccccc3)NC3=C2C(=O)CCC3)cc(OC)c1OC. The maximum absolute atomic E-state index is 13.1. The topological polar surface area (TPSA) is 80.6 Å². The van der Waals surface area contributed by atoms with Gasteiger partial charge in [0.15, 0.2) is 17.3 Å². The molecule has 0 radical (unpaired) electrons. The van der Waals surface area contributed by atoms with Crippen molar-refractivity contribution in [2.75, 3.05) is 21.3 Å². The number of hydrogen-bond acceptors (Lipinski definition) is 7. The zero-order valence-electron chi connectivity index (χ0n) is 18.9. The first-order valence-electron chi connectivity index (χ1n) is 10.7. The molecule has 0 amide bonds. The molecular formula is C26H26N2O4S. The van der Waals surface area contributed by atoms with Gasteiger partial charge in [-0.05, 0) is 36.1 Å². The molecule has 170 valence electrons. The lowest BCUT2D eigenvalue weighted by Crippen LogP contribution is -2.31. The monoisotopic (exact) mass is 462 g/mol. The van der Waals surface area contributed by atoms with Crippen LogP contribution in [0.15, 0.2) is 64.3 Å². The number of carbonyl (C=O) groups is 1. The van der Waals surface area contributed by atoms with Gasteiger partial charge in [-0.15, -0.1) is 11.8 Å². The molecule has 1 N–H and O–H groups in total. The third-order valence-electron chi connectivity index (χ3n) is 5.91. The van der Waals surface area contributed by atoms with Gasteiger partial charge in [-0.2, -0.15) is 5.26 Å². The average Bonchev–Trinajstić information content (AvgIpc) is 2.86. The average molecular weight is 463 g/mol. The first-order chi connectivity index (χ1) is 16.1. The molecule has 2 aliphatic rings. The fourth-order valence-corrected chi connectivity index (χ4v) is 5.39. The minimum absolute atomic E-state index is 0.0716. The number of nitrogens with one attached hydrogen (secondary N) is 1. The third kappa shape index (κ3) is 4.44. The molecule has 0 fully saturated rings. The van der Waals surface area contributed by atoms with E-state index in [-0.39, 0.29) is 5.78 Å². The van der Waals surface area contributed by atoms with E-state index in [9.17, 15) is 10.1 Å². The zero-order valence-corrected chi connectivity index (χ0v) is 19.8. The predicted octanol–water partition coefficient (Wildman–Crippen LogP) is 5.07. The Morgan fingerprint density at radius 3 is 2.36 bits per heavy atom. The number of nitriles is 1. The van der Waals surface area contributed by atoms with Gasteiger partial charge >= 0.3 is 0 Å². The second-order valence-corrected chi connectivity index (χ2v) is 8.80. The Morgan fingerprint density at radius 2 is 1.76 bits per heavy atom. The maximum Gasteiger partial charge on any atom is 0.203 e. The first kappa shape index (κ1) is 22.8. The summed E-state index contributed by atoms with van der Waals surface area (Å²) < 4.78 is 16.6. The van der Waals surface area contributed by atoms with E-state index >= 15 is 0 Å². The number of thioether (sulfide) groups is 1. The zero-order chi connectivity index (χ0) is 23.4. The van der Waals surface area contributed by atoms with Crippen LogP contribution in [0.25, 0.3) is 0 Å². The summed E-state index contributed by atoms with van der Waals surface area (Å²) >= 11 is 1.58. The van der Waals surface area contributed by atoms with Gasteiger partial charge in [-0.1, -0.05) is 30.3 Å². The van der Waals surface area contributed by atoms with Crippen LogP contribution in [0.4, 0.5) is 0 Å². The summed E-state index contributed by atoms with van der Waals surface area (Å²) in [6, 6.07) is 16.2. The number of nitrogens with zero attached hydrogens (tertiary/aromatic N) is 1. The number of ketones is 1. The van der Waals surface area contributed by atoms with Crippen LogP contribution in [-0.4, -0.2) is 27.1 Å². The van der Waals surface area contributed by atoms with Crippen LogP contribution >= 0.6 is 11.8 Å². The van der Waals surface area contributed by atoms with Crippen LogP contribution in [0, 0.1) is 11.3 Å². The molecular weight excluding hydrogens is 436 g/mol. The van der Waals surface area contributed by atoms with E-state index in [1.165, 1.54) is 0 Å². The highest BCUT2D eigenvalue weighted by atomic mass is 32.2. The molecule has 1 aliphatic carbocycles. The van der Waals surface area contributed by atoms with E-state index in [0.717, 1.165) is 34.7 Å². The van der Waals surface area contributed by atoms with Gasteiger partial charge < -0.3 is 19.5 Å². The normalized spacial score (nSPS) is 17.8. The standard InChI is InChI=1S/C26H26N2O4S/c1-30-21-12-17(13-22(31-2)25(21)32-3)23-18(14-27)26(33-15-16-8-5-4-6-9-16)28-19-10-7-11-20(29)24(19)23/h4-6,8-9,12-13,23,28H,7,10-11,15H2,1-3H3/t23-/m1/s1. The Hall–Kier alpha value is -3.37. The summed E-state index contributed by atoms with van der Waals surface area (Å²) in [6.07, 6.45) is 2.05. The molecule has 33 heavy (non-hydrogen) atoms. The largest absolute Gasteiger partial charge is 0.493 e. The van der Waals surface area contributed by atoms with Crippen molar-refractivity contribution in [3.63, 3.8) is 0 Å². The van der Waals surface area contributed by atoms with Gasteiger partial charge in [0.1, 0.15) is 0 Å². The number of carbonyl (C=O) groups excluding carboxylic acids is 1. The summed E-state index contributed by atoms with van der Waals surface area (Å²) in [6.45, 7) is 0. The van der Waals surface area contributed by atoms with Gasteiger partial charge in [0, 0.05) is 23.4 Å². The lowest BCUT2D eigenvalue weighted by molar-refractivity contribution is -0.116. The Kier molecular flexibility index (Phi) is 6.95. The van der Waals surface area contributed by atoms with Crippen molar-refractivity contribution in [3.05, 3.63) is 75.5 Å². The van der Waals surface area contributed by atoms with Crippen molar-refractivity contribution in [3.8, 4) is 23.3 Å². The Labute approximate surface area is 198 Å². The van der Waals surface area contributed by atoms with Crippen molar-refractivity contribution in [1.29, 1.82) is 5.26 Å². The molecule has 0 unspecified atom stereocenters. The number of methoxy groups -OCH3 is 3. The van der Waals surface area contributed by atoms with Crippen LogP contribution in [-0.2, 0) is 10.5 Å². The van der Waals surface area contributed by atoms with Crippen LogP contribution < -0.4 is 19.5 Å². The summed E-state index contributed by atoms with van der Waals surface area (Å²) in [5.74, 6) is 1.75. The van der Waals surface area contributed by atoms with Crippen LogP contribution in [0.1, 0.15) is 36.3 Å². The van der Waals surface area contributed by atoms with Crippen molar-refractivity contribution >= 4 is 17.5 Å². The number of Topliss-reactive ketones (excluding diaryl/α,β-unsaturated/α-hetero) is 1. The van der Waals surface area contributed by atoms with E-state index in [1.807, 2.05) is 30.3 Å². The fourth-order valence-electron chi connectivity index (χ4n) is 4.37. The molecule has 4 rings (SSSR count). The predicted molar refractivity (Wildman–Crippen MR) is 128 cm³/mol. The highest BCUT2D eigenvalue weighted by Gasteiger charge is 2.38. The summed E-state index contributed by atoms with van der Waals surface area (Å²) in [4.78, 5) is 13.1. The first-order valence-corrected chi connectivity index (χ1v) is 11.7. The molecule has 1 atom stereocenters. The number of hydrogen-bond donors (Lipinski definition) is 1. The van der Waals surface area contributed by atoms with Gasteiger partial charge in [-0.3, -0.25) is 4.79 Å². The maximum atomic E-state index is 13.1. The Morgan fingerprint density at radius 1 is 1.06 bits per heavy atom. The molecule has 6 nitrogen and oxygen atoms in total. The highest BCUT2D eigenvalue weighted by Crippen LogP contribution is 2.48. The van der Waals surface area contributed by atoms with Crippen molar-refractivity contribution in [2.45, 2.75) is 30.9 Å². The number of ether oxygens (including phenoxy) is 3. The van der Waals surface area contributed by atoms with Gasteiger partial charge in [0.25, 0.3) is 0 Å². The second kappa shape index (κ2) is 10.1. The smallest absolute Gasteiger partial charge is 0.203 e. The second-order valence-electron chi connectivity index (χ2n) is 7.81. The molecule has 0 bridgehead atoms. The van der Waals surface area contributed by atoms with Gasteiger partial charge in [-0.25, -0.2) is 0 Å². The quantitative estimate of drug-likeness (QED) is 0.615. The summed E-state index contributed by atoms with van der Waals surface area (Å²) in [5.41, 5.74) is 4.02.